The standard InChI is InChI=1S/C29H48N4O3S/c1-22-20-27(36-4)21-23(2)29(22)37(35)31(3)16-13-28(34)30-25-6-8-26(9-7-25)33-18-11-24(12-19-33)10-17-32-14-5-15-32/h20-21,24-26H,5-19H2,1-4H3,(H,30,34). The Morgan fingerprint density at radius 3 is 2.27 bits per heavy atom. The molecule has 7 nitrogen and oxygen atoms in total. The summed E-state index contributed by atoms with van der Waals surface area (Å²) in [4.78, 5) is 18.8. The SMILES string of the molecule is COc1cc(C)c(S(=O)N(C)CCC(=O)NC2CCC(N3CCC(CCN4CCC4)CC3)CC2)c(C)c1. The lowest BCUT2D eigenvalue weighted by molar-refractivity contribution is -0.122. The number of nitrogens with one attached hydrogen (secondary N) is 1. The van der Waals surface area contributed by atoms with Gasteiger partial charge < -0.3 is 19.9 Å². The van der Waals surface area contributed by atoms with Crippen LogP contribution in [-0.2, 0) is 15.8 Å². The van der Waals surface area contributed by atoms with Gasteiger partial charge in [0.05, 0.1) is 12.0 Å². The fourth-order valence-corrected chi connectivity index (χ4v) is 7.50. The van der Waals surface area contributed by atoms with Crippen molar-refractivity contribution >= 4 is 16.9 Å². The Labute approximate surface area is 226 Å². The second-order valence-corrected chi connectivity index (χ2v) is 13.0. The third kappa shape index (κ3) is 7.78. The zero-order valence-electron chi connectivity index (χ0n) is 23.5. The number of likely N-dealkylation sites (tertiary alicyclic amines) is 2. The average molecular weight is 533 g/mol. The van der Waals surface area contributed by atoms with Gasteiger partial charge in [-0.2, -0.15) is 0 Å². The van der Waals surface area contributed by atoms with Crippen LogP contribution >= 0.6 is 0 Å². The highest BCUT2D eigenvalue weighted by Gasteiger charge is 2.30. The number of methoxy groups -OCH3 is 1. The molecule has 1 atom stereocenters. The van der Waals surface area contributed by atoms with E-state index in [1.165, 1.54) is 71.2 Å². The number of carbonyl (C=O) groups is 1. The number of hydrogen-bond donors (Lipinski definition) is 1. The molecule has 1 amide bonds. The maximum absolute atomic E-state index is 13.1. The van der Waals surface area contributed by atoms with Crippen LogP contribution in [0.3, 0.4) is 0 Å². The van der Waals surface area contributed by atoms with E-state index in [4.69, 9.17) is 4.74 Å². The number of rotatable bonds is 11. The summed E-state index contributed by atoms with van der Waals surface area (Å²) in [6, 6.07) is 4.79. The topological polar surface area (TPSA) is 65.1 Å². The molecule has 2 aliphatic heterocycles. The summed E-state index contributed by atoms with van der Waals surface area (Å²) in [5, 5.41) is 3.26. The van der Waals surface area contributed by atoms with E-state index in [0.717, 1.165) is 40.5 Å². The smallest absolute Gasteiger partial charge is 0.221 e. The van der Waals surface area contributed by atoms with Crippen molar-refractivity contribution < 1.29 is 13.7 Å². The predicted octanol–water partition coefficient (Wildman–Crippen LogP) is 3.89. The zero-order chi connectivity index (χ0) is 26.4. The van der Waals surface area contributed by atoms with Gasteiger partial charge >= 0.3 is 0 Å². The number of benzene rings is 1. The molecule has 1 aromatic carbocycles. The Balaban J connectivity index is 1.13. The summed E-state index contributed by atoms with van der Waals surface area (Å²) in [7, 11) is 2.16. The number of carbonyl (C=O) groups excluding carboxylic acids is 1. The van der Waals surface area contributed by atoms with E-state index in [-0.39, 0.29) is 11.9 Å². The van der Waals surface area contributed by atoms with Crippen LogP contribution in [0.4, 0.5) is 0 Å². The van der Waals surface area contributed by atoms with Gasteiger partial charge in [-0.25, -0.2) is 8.51 Å². The Morgan fingerprint density at radius 1 is 1.05 bits per heavy atom. The summed E-state index contributed by atoms with van der Waals surface area (Å²) < 4.78 is 20.2. The molecule has 1 saturated carbocycles. The number of aryl methyl sites for hydroxylation is 2. The lowest BCUT2D eigenvalue weighted by Gasteiger charge is -2.41. The Bertz CT molecular complexity index is 899. The largest absolute Gasteiger partial charge is 0.497 e. The normalized spacial score (nSPS) is 24.6. The number of piperidine rings is 1. The molecule has 1 aromatic rings. The average Bonchev–Trinajstić information content (AvgIpc) is 2.86. The molecule has 0 radical (unpaired) electrons. The van der Waals surface area contributed by atoms with Crippen molar-refractivity contribution in [2.45, 2.75) is 88.6 Å². The van der Waals surface area contributed by atoms with Crippen LogP contribution in [0.15, 0.2) is 17.0 Å². The molecule has 4 rings (SSSR count). The molecule has 1 N–H and O–H groups in total. The van der Waals surface area contributed by atoms with Crippen LogP contribution in [0.25, 0.3) is 0 Å². The van der Waals surface area contributed by atoms with Crippen LogP contribution < -0.4 is 10.1 Å². The molecule has 0 aromatic heterocycles. The maximum Gasteiger partial charge on any atom is 0.221 e. The minimum Gasteiger partial charge on any atom is -0.497 e. The summed E-state index contributed by atoms with van der Waals surface area (Å²) in [5.74, 6) is 1.76. The van der Waals surface area contributed by atoms with E-state index in [1.807, 2.05) is 33.0 Å². The van der Waals surface area contributed by atoms with Gasteiger partial charge in [-0.1, -0.05) is 0 Å². The van der Waals surface area contributed by atoms with Crippen molar-refractivity contribution in [2.75, 3.05) is 53.4 Å². The molecule has 1 unspecified atom stereocenters. The Morgan fingerprint density at radius 2 is 1.70 bits per heavy atom. The maximum atomic E-state index is 13.1. The fraction of sp³-hybridized carbons (Fsp3) is 0.759. The monoisotopic (exact) mass is 532 g/mol. The van der Waals surface area contributed by atoms with Crippen molar-refractivity contribution in [3.63, 3.8) is 0 Å². The minimum absolute atomic E-state index is 0.0680. The molecule has 2 saturated heterocycles. The van der Waals surface area contributed by atoms with Gasteiger partial charge in [-0.3, -0.25) is 4.79 Å². The van der Waals surface area contributed by atoms with Crippen LogP contribution in [0.2, 0.25) is 0 Å². The van der Waals surface area contributed by atoms with Gasteiger partial charge in [0.15, 0.2) is 0 Å². The second kappa shape index (κ2) is 13.5. The fourth-order valence-electron chi connectivity index (χ4n) is 6.26. The Kier molecular flexibility index (Phi) is 10.4. The summed E-state index contributed by atoms with van der Waals surface area (Å²) in [6.07, 6.45) is 10.4. The molecule has 8 heteroatoms. The highest BCUT2D eigenvalue weighted by Crippen LogP contribution is 2.29. The van der Waals surface area contributed by atoms with Crippen molar-refractivity contribution in [3.05, 3.63) is 23.3 Å². The number of nitrogens with zero attached hydrogens (tertiary/aromatic N) is 3. The van der Waals surface area contributed by atoms with E-state index < -0.39 is 11.0 Å². The van der Waals surface area contributed by atoms with Gasteiger partial charge in [0.2, 0.25) is 5.91 Å². The van der Waals surface area contributed by atoms with Crippen LogP contribution in [-0.4, -0.2) is 89.7 Å². The van der Waals surface area contributed by atoms with Crippen molar-refractivity contribution in [1.29, 1.82) is 0 Å². The highest BCUT2D eigenvalue weighted by atomic mass is 32.2. The highest BCUT2D eigenvalue weighted by molar-refractivity contribution is 7.82. The summed E-state index contributed by atoms with van der Waals surface area (Å²) in [6.45, 7) is 10.8. The zero-order valence-corrected chi connectivity index (χ0v) is 24.3. The Hall–Kier alpha value is -1.48. The molecule has 208 valence electrons. The van der Waals surface area contributed by atoms with Crippen molar-refractivity contribution in [3.8, 4) is 5.75 Å². The molecular formula is C29H48N4O3S. The molecule has 0 bridgehead atoms. The van der Waals surface area contributed by atoms with E-state index in [9.17, 15) is 9.00 Å². The van der Waals surface area contributed by atoms with E-state index in [0.29, 0.717) is 19.0 Å². The molecule has 3 aliphatic rings. The van der Waals surface area contributed by atoms with Crippen molar-refractivity contribution in [1.82, 2.24) is 19.4 Å². The molecule has 0 spiro atoms. The summed E-state index contributed by atoms with van der Waals surface area (Å²) >= 11 is 0. The third-order valence-electron chi connectivity index (χ3n) is 8.81. The quantitative estimate of drug-likeness (QED) is 0.469. The van der Waals surface area contributed by atoms with Crippen LogP contribution in [0, 0.1) is 19.8 Å². The number of hydrogen-bond acceptors (Lipinski definition) is 5. The van der Waals surface area contributed by atoms with Gasteiger partial charge in [0.25, 0.3) is 0 Å². The van der Waals surface area contributed by atoms with Crippen LogP contribution in [0.1, 0.15) is 68.9 Å². The van der Waals surface area contributed by atoms with E-state index >= 15 is 0 Å². The molecule has 1 aliphatic carbocycles. The predicted molar refractivity (Wildman–Crippen MR) is 150 cm³/mol. The van der Waals surface area contributed by atoms with Crippen LogP contribution in [0.5, 0.6) is 5.75 Å². The van der Waals surface area contributed by atoms with Gasteiger partial charge in [-0.05, 0) is 127 Å². The van der Waals surface area contributed by atoms with E-state index in [1.54, 1.807) is 11.4 Å². The molecule has 2 heterocycles. The number of amides is 1. The molecule has 37 heavy (non-hydrogen) atoms. The lowest BCUT2D eigenvalue weighted by Crippen LogP contribution is -2.47. The van der Waals surface area contributed by atoms with Crippen molar-refractivity contribution in [2.24, 2.45) is 5.92 Å². The van der Waals surface area contributed by atoms with Gasteiger partial charge in [-0.15, -0.1) is 0 Å². The molecule has 3 fully saturated rings. The first kappa shape index (κ1) is 28.5. The van der Waals surface area contributed by atoms with Gasteiger partial charge in [0.1, 0.15) is 16.7 Å². The first-order valence-electron chi connectivity index (χ1n) is 14.4. The lowest BCUT2D eigenvalue weighted by atomic mass is 9.86. The minimum atomic E-state index is -1.31. The third-order valence-corrected chi connectivity index (χ3v) is 10.6. The first-order chi connectivity index (χ1) is 17.8. The van der Waals surface area contributed by atoms with E-state index in [2.05, 4.69) is 15.1 Å². The first-order valence-corrected chi connectivity index (χ1v) is 15.5. The second-order valence-electron chi connectivity index (χ2n) is 11.5. The van der Waals surface area contributed by atoms with Gasteiger partial charge in [0, 0.05) is 32.1 Å². The number of ether oxygens (including phenoxy) is 1. The summed E-state index contributed by atoms with van der Waals surface area (Å²) in [5.41, 5.74) is 1.89. The molecular weight excluding hydrogens is 484 g/mol.